The molecule has 2 fully saturated rings. The monoisotopic (exact) mass is 423 g/mol. The molecule has 2 saturated heterocycles. The number of aromatic nitrogens is 4. The van der Waals surface area contributed by atoms with Crippen LogP contribution in [0.3, 0.4) is 0 Å². The number of nitrogens with two attached hydrogens (primary N) is 1. The van der Waals surface area contributed by atoms with E-state index < -0.39 is 37.9 Å². The number of nitrogens with zero attached hydrogens (tertiary/aromatic N) is 3. The molecule has 2 aromatic rings. The zero-order chi connectivity index (χ0) is 17.2. The molecule has 4 heterocycles. The van der Waals surface area contributed by atoms with Gasteiger partial charge in [0.15, 0.2) is 22.1 Å². The molecule has 0 amide bonds. The van der Waals surface area contributed by atoms with Crippen molar-refractivity contribution < 1.29 is 28.3 Å². The van der Waals surface area contributed by atoms with Crippen molar-refractivity contribution in [2.75, 3.05) is 12.3 Å². The Morgan fingerprint density at radius 3 is 2.96 bits per heavy atom. The highest BCUT2D eigenvalue weighted by Crippen LogP contribution is 2.52. The van der Waals surface area contributed by atoms with E-state index in [0.29, 0.717) is 0 Å². The number of nitrogens with one attached hydrogen (secondary N) is 1. The summed E-state index contributed by atoms with van der Waals surface area (Å²) >= 11 is 3.18. The Kier molecular flexibility index (Phi) is 3.58. The van der Waals surface area contributed by atoms with Crippen molar-refractivity contribution in [3.63, 3.8) is 0 Å². The highest BCUT2D eigenvalue weighted by atomic mass is 79.9. The zero-order valence-electron chi connectivity index (χ0n) is 11.7. The number of H-pyrrole nitrogens is 1. The summed E-state index contributed by atoms with van der Waals surface area (Å²) in [7, 11) is -4.24. The molecule has 0 aliphatic carbocycles. The summed E-state index contributed by atoms with van der Waals surface area (Å²) in [4.78, 5) is 31.7. The number of aromatic amines is 1. The minimum Gasteiger partial charge on any atom is -0.386 e. The number of hydrogen-bond acceptors (Lipinski definition) is 9. The molecule has 12 nitrogen and oxygen atoms in total. The number of hydrogen-bond donors (Lipinski definition) is 4. The summed E-state index contributed by atoms with van der Waals surface area (Å²) in [5.41, 5.74) is 5.07. The van der Waals surface area contributed by atoms with Gasteiger partial charge in [0.05, 0.1) is 6.61 Å². The Balaban J connectivity index is 1.80. The van der Waals surface area contributed by atoms with E-state index in [1.165, 1.54) is 4.57 Å². The molecule has 5 N–H and O–H groups in total. The van der Waals surface area contributed by atoms with Crippen molar-refractivity contribution in [2.45, 2.75) is 24.5 Å². The van der Waals surface area contributed by atoms with Gasteiger partial charge >= 0.3 is 7.82 Å². The van der Waals surface area contributed by atoms with E-state index in [4.69, 9.17) is 15.0 Å². The maximum atomic E-state index is 11.9. The molecule has 14 heteroatoms. The maximum absolute atomic E-state index is 11.9. The quantitative estimate of drug-likeness (QED) is 0.336. The lowest BCUT2D eigenvalue weighted by atomic mass is 10.1. The molecule has 130 valence electrons. The number of anilines is 1. The Morgan fingerprint density at radius 1 is 1.46 bits per heavy atom. The number of phosphoric acid groups is 1. The molecule has 0 radical (unpaired) electrons. The second kappa shape index (κ2) is 5.33. The number of nitrogen functional groups attached to an aromatic ring is 1. The molecule has 2 aromatic heterocycles. The third-order valence-corrected chi connectivity index (χ3v) is 5.29. The summed E-state index contributed by atoms with van der Waals surface area (Å²) in [6, 6.07) is 0. The standard InChI is InChI=1S/C10H11BrN5O7P/c11-9-13-3-6(14-10(12)15-7(3)18)16(9)8-4(17)5-2(22-8)1-21-24(19,20)23-5/h2,4-5,8,17H,1H2,(H,19,20)(H3,12,14,15,18)/t2-,4?,5-,8?/m0/s1. The van der Waals surface area contributed by atoms with Crippen molar-refractivity contribution in [2.24, 2.45) is 0 Å². The Morgan fingerprint density at radius 2 is 2.21 bits per heavy atom. The van der Waals surface area contributed by atoms with Crippen LogP contribution in [0.15, 0.2) is 9.53 Å². The lowest BCUT2D eigenvalue weighted by molar-refractivity contribution is -0.0669. The van der Waals surface area contributed by atoms with E-state index in [-0.39, 0.29) is 28.5 Å². The van der Waals surface area contributed by atoms with Gasteiger partial charge in [-0.3, -0.25) is 23.4 Å². The average molecular weight is 424 g/mol. The normalized spacial score (nSPS) is 36.1. The van der Waals surface area contributed by atoms with E-state index in [1.807, 2.05) is 0 Å². The van der Waals surface area contributed by atoms with Gasteiger partial charge in [0, 0.05) is 0 Å². The molecule has 5 atom stereocenters. The number of phosphoric ester groups is 1. The Hall–Kier alpha value is -1.34. The van der Waals surface area contributed by atoms with Gasteiger partial charge in [-0.25, -0.2) is 9.55 Å². The van der Waals surface area contributed by atoms with Gasteiger partial charge in [-0.2, -0.15) is 4.98 Å². The van der Waals surface area contributed by atoms with Crippen molar-refractivity contribution >= 4 is 40.9 Å². The van der Waals surface area contributed by atoms with E-state index >= 15 is 0 Å². The smallest absolute Gasteiger partial charge is 0.386 e. The van der Waals surface area contributed by atoms with Crippen molar-refractivity contribution in [3.05, 3.63) is 15.1 Å². The minimum atomic E-state index is -4.24. The van der Waals surface area contributed by atoms with E-state index in [9.17, 15) is 19.4 Å². The molecule has 2 aliphatic rings. The third-order valence-electron chi connectivity index (χ3n) is 3.75. The van der Waals surface area contributed by atoms with Crippen molar-refractivity contribution in [1.29, 1.82) is 0 Å². The zero-order valence-corrected chi connectivity index (χ0v) is 14.2. The van der Waals surface area contributed by atoms with E-state index in [1.54, 1.807) is 0 Å². The average Bonchev–Trinajstić information content (AvgIpc) is 2.96. The lowest BCUT2D eigenvalue weighted by Crippen LogP contribution is -2.39. The van der Waals surface area contributed by atoms with Crippen LogP contribution in [0.5, 0.6) is 0 Å². The van der Waals surface area contributed by atoms with Crippen LogP contribution in [-0.2, 0) is 18.3 Å². The van der Waals surface area contributed by atoms with Crippen LogP contribution in [0, 0.1) is 0 Å². The van der Waals surface area contributed by atoms with Crippen molar-refractivity contribution in [1.82, 2.24) is 19.5 Å². The van der Waals surface area contributed by atoms with Gasteiger partial charge in [0.2, 0.25) is 5.95 Å². The molecular formula is C10H11BrN5O7P. The largest absolute Gasteiger partial charge is 0.472 e. The minimum absolute atomic E-state index is 0.00764. The SMILES string of the molecule is Nc1nc2c(nc(Br)n2C2O[C@H]3COP(=O)(O)O[C@@H]3C2O)c(=O)[nH]1. The van der Waals surface area contributed by atoms with Gasteiger partial charge in [-0.05, 0) is 15.9 Å². The molecule has 24 heavy (non-hydrogen) atoms. The van der Waals surface area contributed by atoms with Crippen LogP contribution in [-0.4, -0.2) is 54.4 Å². The highest BCUT2D eigenvalue weighted by molar-refractivity contribution is 9.10. The Labute approximate surface area is 141 Å². The Bertz CT molecular complexity index is 930. The number of aliphatic hydroxyl groups is 1. The van der Waals surface area contributed by atoms with Gasteiger partial charge in [0.25, 0.3) is 5.56 Å². The predicted octanol–water partition coefficient (Wildman–Crippen LogP) is -0.762. The summed E-state index contributed by atoms with van der Waals surface area (Å²) in [6.07, 6.45) is -4.25. The molecule has 2 aliphatic heterocycles. The van der Waals surface area contributed by atoms with Crippen LogP contribution in [0.4, 0.5) is 5.95 Å². The fraction of sp³-hybridized carbons (Fsp3) is 0.500. The van der Waals surface area contributed by atoms with Gasteiger partial charge in [-0.15, -0.1) is 0 Å². The first-order valence-electron chi connectivity index (χ1n) is 6.69. The number of fused-ring (bicyclic) bond motifs is 2. The van der Waals surface area contributed by atoms with Crippen LogP contribution in [0.1, 0.15) is 6.23 Å². The van der Waals surface area contributed by atoms with Gasteiger partial charge in [-0.1, -0.05) is 0 Å². The third kappa shape index (κ3) is 2.40. The second-order valence-corrected chi connectivity index (χ2v) is 7.38. The second-order valence-electron chi connectivity index (χ2n) is 5.26. The number of rotatable bonds is 1. The number of aliphatic hydroxyl groups excluding tert-OH is 1. The summed E-state index contributed by atoms with van der Waals surface area (Å²) in [5.74, 6) is -0.134. The number of halogens is 1. The van der Waals surface area contributed by atoms with E-state index in [2.05, 4.69) is 35.4 Å². The summed E-state index contributed by atoms with van der Waals surface area (Å²) in [6.45, 7) is -0.230. The van der Waals surface area contributed by atoms with Crippen LogP contribution < -0.4 is 11.3 Å². The van der Waals surface area contributed by atoms with Crippen molar-refractivity contribution in [3.8, 4) is 0 Å². The first-order valence-corrected chi connectivity index (χ1v) is 8.98. The number of imidazole rings is 1. The lowest BCUT2D eigenvalue weighted by Gasteiger charge is -2.27. The molecule has 0 aromatic carbocycles. The first kappa shape index (κ1) is 16.1. The summed E-state index contributed by atoms with van der Waals surface area (Å²) < 4.78 is 28.2. The molecule has 0 bridgehead atoms. The van der Waals surface area contributed by atoms with E-state index in [0.717, 1.165) is 0 Å². The first-order chi connectivity index (χ1) is 11.3. The van der Waals surface area contributed by atoms with Crippen LogP contribution >= 0.6 is 23.8 Å². The maximum Gasteiger partial charge on any atom is 0.472 e. The molecule has 0 saturated carbocycles. The van der Waals surface area contributed by atoms with Gasteiger partial charge in [0.1, 0.15) is 18.3 Å². The molecule has 0 spiro atoms. The molecular weight excluding hydrogens is 413 g/mol. The topological polar surface area (TPSA) is 175 Å². The fourth-order valence-electron chi connectivity index (χ4n) is 2.75. The van der Waals surface area contributed by atoms with Crippen LogP contribution in [0.2, 0.25) is 0 Å². The molecule has 4 rings (SSSR count). The molecule has 3 unspecified atom stereocenters. The predicted molar refractivity (Wildman–Crippen MR) is 80.8 cm³/mol. The highest BCUT2D eigenvalue weighted by Gasteiger charge is 2.53. The number of ether oxygens (including phenoxy) is 1. The fourth-order valence-corrected chi connectivity index (χ4v) is 4.26. The van der Waals surface area contributed by atoms with Gasteiger partial charge < -0.3 is 20.5 Å². The summed E-state index contributed by atoms with van der Waals surface area (Å²) in [5, 5.41) is 10.5. The van der Waals surface area contributed by atoms with Crippen LogP contribution in [0.25, 0.3) is 11.2 Å².